The van der Waals surface area contributed by atoms with Crippen LogP contribution in [0.5, 0.6) is 0 Å². The number of nitrogens with two attached hydrogens (primary N) is 1. The summed E-state index contributed by atoms with van der Waals surface area (Å²) in [5.74, 6) is 4.27. The van der Waals surface area contributed by atoms with E-state index in [2.05, 4.69) is 45.2 Å². The highest BCUT2D eigenvalue weighted by atomic mass is 35.5. The van der Waals surface area contributed by atoms with Crippen molar-refractivity contribution in [1.82, 2.24) is 34.8 Å². The van der Waals surface area contributed by atoms with Gasteiger partial charge in [0.05, 0.1) is 51.9 Å². The van der Waals surface area contributed by atoms with Crippen molar-refractivity contribution < 1.29 is 23.7 Å². The Kier molecular flexibility index (Phi) is 18.3. The molecular weight excluding hydrogens is 654 g/mol. The number of amides is 1. The first-order valence-corrected chi connectivity index (χ1v) is 17.2. The van der Waals surface area contributed by atoms with E-state index in [1.54, 1.807) is 4.68 Å². The zero-order valence-electron chi connectivity index (χ0n) is 29.0. The maximum atomic E-state index is 13.9. The molecule has 17 heteroatoms. The molecule has 2 fully saturated rings. The van der Waals surface area contributed by atoms with Crippen molar-refractivity contribution >= 4 is 36.2 Å². The Bertz CT molecular complexity index is 1270. The number of anilines is 3. The topological polar surface area (TPSA) is 171 Å². The molecule has 1 amide bonds. The lowest BCUT2D eigenvalue weighted by molar-refractivity contribution is -0.137. The number of morpholine rings is 1. The van der Waals surface area contributed by atoms with E-state index < -0.39 is 6.04 Å². The molecule has 0 radical (unpaired) electrons. The summed E-state index contributed by atoms with van der Waals surface area (Å²) < 4.78 is 23.6. The van der Waals surface area contributed by atoms with Gasteiger partial charge < -0.3 is 44.7 Å². The van der Waals surface area contributed by atoms with Crippen LogP contribution in [0.15, 0.2) is 6.20 Å². The van der Waals surface area contributed by atoms with Crippen LogP contribution in [0.3, 0.4) is 0 Å². The second kappa shape index (κ2) is 22.4. The number of ether oxygens (including phenoxy) is 4. The van der Waals surface area contributed by atoms with Crippen LogP contribution in [0.25, 0.3) is 0 Å². The molecule has 0 unspecified atom stereocenters. The average molecular weight is 708 g/mol. The van der Waals surface area contributed by atoms with E-state index in [1.807, 2.05) is 11.1 Å². The van der Waals surface area contributed by atoms with E-state index in [0.717, 1.165) is 31.4 Å². The molecule has 2 aromatic rings. The van der Waals surface area contributed by atoms with Crippen molar-refractivity contribution in [3.63, 3.8) is 0 Å². The van der Waals surface area contributed by atoms with Crippen molar-refractivity contribution in [3.05, 3.63) is 11.9 Å². The summed E-state index contributed by atoms with van der Waals surface area (Å²) in [4.78, 5) is 34.4. The number of carbonyl (C=O) groups excluding carboxylic acids is 1. The average Bonchev–Trinajstić information content (AvgIpc) is 3.59. The van der Waals surface area contributed by atoms with Crippen LogP contribution in [0.4, 0.5) is 17.8 Å². The van der Waals surface area contributed by atoms with Crippen molar-refractivity contribution in [2.45, 2.75) is 45.6 Å². The number of aryl methyl sites for hydroxylation is 1. The number of halogens is 1. The molecule has 2 aliphatic rings. The first-order chi connectivity index (χ1) is 23.5. The van der Waals surface area contributed by atoms with Crippen molar-refractivity contribution in [2.75, 3.05) is 120 Å². The zero-order valence-corrected chi connectivity index (χ0v) is 29.8. The number of piperazine rings is 1. The molecule has 0 aliphatic carbocycles. The SMILES string of the molecule is C#CCOCCOCCOCCNc1nc(N2CCOCC2)nc(N2CCN(C(=O)[C@H]([C@@H](C)CC)n3cc(CCCCN)nn3)CC2)n1.Cl. The van der Waals surface area contributed by atoms with Gasteiger partial charge in [-0.05, 0) is 31.7 Å². The smallest absolute Gasteiger partial charge is 0.247 e. The van der Waals surface area contributed by atoms with Gasteiger partial charge in [0.25, 0.3) is 0 Å². The van der Waals surface area contributed by atoms with Gasteiger partial charge in [-0.1, -0.05) is 31.4 Å². The van der Waals surface area contributed by atoms with Crippen LogP contribution in [-0.4, -0.2) is 146 Å². The quantitative estimate of drug-likeness (QED) is 0.139. The number of rotatable bonds is 21. The second-order valence-electron chi connectivity index (χ2n) is 11.8. The van der Waals surface area contributed by atoms with Crippen molar-refractivity contribution in [3.8, 4) is 12.3 Å². The number of hydrogen-bond donors (Lipinski definition) is 2. The van der Waals surface area contributed by atoms with Gasteiger partial charge in [-0.3, -0.25) is 4.79 Å². The zero-order chi connectivity index (χ0) is 34.0. The van der Waals surface area contributed by atoms with Gasteiger partial charge in [-0.25, -0.2) is 4.68 Å². The van der Waals surface area contributed by atoms with Gasteiger partial charge in [0.2, 0.25) is 23.8 Å². The molecule has 3 N–H and O–H groups in total. The minimum Gasteiger partial charge on any atom is -0.378 e. The van der Waals surface area contributed by atoms with Crippen molar-refractivity contribution in [1.29, 1.82) is 0 Å². The number of hydrogen-bond acceptors (Lipinski definition) is 14. The Morgan fingerprint density at radius 1 is 0.980 bits per heavy atom. The first-order valence-electron chi connectivity index (χ1n) is 17.2. The molecule has 2 atom stereocenters. The maximum absolute atomic E-state index is 13.9. The third-order valence-electron chi connectivity index (χ3n) is 8.40. The molecule has 2 aromatic heterocycles. The lowest BCUT2D eigenvalue weighted by Gasteiger charge is -2.37. The fourth-order valence-corrected chi connectivity index (χ4v) is 5.45. The molecule has 0 saturated carbocycles. The van der Waals surface area contributed by atoms with Crippen LogP contribution in [0.2, 0.25) is 0 Å². The van der Waals surface area contributed by atoms with Crippen LogP contribution in [0.1, 0.15) is 44.8 Å². The molecule has 2 saturated heterocycles. The Balaban J connectivity index is 0.00000650. The first kappa shape index (κ1) is 40.1. The molecule has 4 rings (SSSR count). The molecular formula is C32H54ClN11O5. The largest absolute Gasteiger partial charge is 0.378 e. The summed E-state index contributed by atoms with van der Waals surface area (Å²) in [5, 5.41) is 12.0. The molecule has 274 valence electrons. The fraction of sp³-hybridized carbons (Fsp3) is 0.750. The second-order valence-corrected chi connectivity index (χ2v) is 11.8. The highest BCUT2D eigenvalue weighted by molar-refractivity contribution is 5.85. The number of terminal acetylenes is 1. The molecule has 0 spiro atoms. The van der Waals surface area contributed by atoms with Gasteiger partial charge in [0.15, 0.2) is 0 Å². The van der Waals surface area contributed by atoms with Crippen LogP contribution in [0, 0.1) is 18.3 Å². The standard InChI is InChI=1S/C32H53N11O5.ClH/c1-4-17-45-21-23-48-24-22-46-18-10-34-30-35-31(37-32(36-30)42-15-19-47-20-16-42)41-13-11-40(12-14-41)29(44)28(26(3)5-2)43-25-27(38-39-43)8-6-7-9-33;/h1,25-26,28H,5-24,33H2,2-3H3,(H,34,35,36,37);1H/t26-,28-;/m0./s1. The van der Waals surface area contributed by atoms with Gasteiger partial charge in [0.1, 0.15) is 12.6 Å². The summed E-state index contributed by atoms with van der Waals surface area (Å²) >= 11 is 0. The predicted molar refractivity (Wildman–Crippen MR) is 189 cm³/mol. The van der Waals surface area contributed by atoms with E-state index in [1.165, 1.54) is 0 Å². The Labute approximate surface area is 296 Å². The van der Waals surface area contributed by atoms with E-state index in [-0.39, 0.29) is 30.8 Å². The number of nitrogens with zero attached hydrogens (tertiary/aromatic N) is 9. The maximum Gasteiger partial charge on any atom is 0.247 e. The lowest BCUT2D eigenvalue weighted by atomic mass is 9.97. The third-order valence-corrected chi connectivity index (χ3v) is 8.40. The predicted octanol–water partition coefficient (Wildman–Crippen LogP) is 1.03. The van der Waals surface area contributed by atoms with Crippen LogP contribution in [-0.2, 0) is 30.2 Å². The normalized spacial score (nSPS) is 16.2. The monoisotopic (exact) mass is 707 g/mol. The Morgan fingerprint density at radius 3 is 2.29 bits per heavy atom. The summed E-state index contributed by atoms with van der Waals surface area (Å²) in [6.45, 7) is 12.9. The van der Waals surface area contributed by atoms with Crippen LogP contribution < -0.4 is 20.9 Å². The lowest BCUT2D eigenvalue weighted by Crippen LogP contribution is -2.52. The Hall–Kier alpha value is -3.33. The molecule has 49 heavy (non-hydrogen) atoms. The van der Waals surface area contributed by atoms with E-state index in [0.29, 0.717) is 116 Å². The molecule has 2 aliphatic heterocycles. The summed E-state index contributed by atoms with van der Waals surface area (Å²) in [6.07, 6.45) is 10.6. The number of aromatic nitrogens is 6. The van der Waals surface area contributed by atoms with Gasteiger partial charge in [-0.2, -0.15) is 15.0 Å². The number of nitrogens with one attached hydrogen (secondary N) is 1. The molecule has 4 heterocycles. The summed E-state index contributed by atoms with van der Waals surface area (Å²) in [5.41, 5.74) is 6.54. The fourth-order valence-electron chi connectivity index (χ4n) is 5.45. The molecule has 16 nitrogen and oxygen atoms in total. The van der Waals surface area contributed by atoms with Gasteiger partial charge in [0, 0.05) is 52.0 Å². The number of carbonyl (C=O) groups is 1. The minimum absolute atomic E-state index is 0. The Morgan fingerprint density at radius 2 is 1.63 bits per heavy atom. The van der Waals surface area contributed by atoms with E-state index in [4.69, 9.17) is 46.1 Å². The van der Waals surface area contributed by atoms with E-state index >= 15 is 0 Å². The van der Waals surface area contributed by atoms with Crippen molar-refractivity contribution in [2.24, 2.45) is 11.7 Å². The molecule has 0 aromatic carbocycles. The minimum atomic E-state index is -0.403. The highest BCUT2D eigenvalue weighted by Gasteiger charge is 2.33. The summed E-state index contributed by atoms with van der Waals surface area (Å²) in [6, 6.07) is -0.403. The highest BCUT2D eigenvalue weighted by Crippen LogP contribution is 2.25. The summed E-state index contributed by atoms with van der Waals surface area (Å²) in [7, 11) is 0. The third kappa shape index (κ3) is 12.8. The number of unbranched alkanes of at least 4 members (excludes halogenated alkanes) is 1. The van der Waals surface area contributed by atoms with Crippen LogP contribution >= 0.6 is 12.4 Å². The van der Waals surface area contributed by atoms with Gasteiger partial charge >= 0.3 is 0 Å². The van der Waals surface area contributed by atoms with Gasteiger partial charge in [-0.15, -0.1) is 23.9 Å². The molecule has 0 bridgehead atoms. The van der Waals surface area contributed by atoms with E-state index in [9.17, 15) is 4.79 Å².